The van der Waals surface area contributed by atoms with Crippen molar-refractivity contribution in [1.29, 1.82) is 0 Å². The second-order valence-corrected chi connectivity index (χ2v) is 9.43. The Kier molecular flexibility index (Phi) is 5.43. The molecule has 4 rings (SSSR count). The number of amides is 1. The minimum absolute atomic E-state index is 0.0739. The van der Waals surface area contributed by atoms with E-state index >= 15 is 0 Å². The largest absolute Gasteiger partial charge is 0.308 e. The lowest BCUT2D eigenvalue weighted by Crippen LogP contribution is -2.35. The van der Waals surface area contributed by atoms with Crippen molar-refractivity contribution in [2.45, 2.75) is 17.7 Å². The van der Waals surface area contributed by atoms with Gasteiger partial charge in [-0.3, -0.25) is 9.52 Å². The van der Waals surface area contributed by atoms with Crippen molar-refractivity contribution in [3.63, 3.8) is 0 Å². The molecule has 0 radical (unpaired) electrons. The molecule has 0 saturated carbocycles. The molecule has 0 aliphatic carbocycles. The van der Waals surface area contributed by atoms with Gasteiger partial charge in [0.15, 0.2) is 0 Å². The van der Waals surface area contributed by atoms with Crippen LogP contribution in [0.4, 0.5) is 11.4 Å². The predicted octanol–water partition coefficient (Wildman–Crippen LogP) is 4.84. The number of fused-ring (bicyclic) bond motifs is 1. The van der Waals surface area contributed by atoms with Gasteiger partial charge in [-0.15, -0.1) is 0 Å². The lowest BCUT2D eigenvalue weighted by atomic mass is 10.0. The van der Waals surface area contributed by atoms with Crippen LogP contribution in [0.15, 0.2) is 82.2 Å². The first kappa shape index (κ1) is 19.7. The number of aryl methyl sites for hydroxylation is 1. The van der Waals surface area contributed by atoms with E-state index in [1.807, 2.05) is 18.2 Å². The summed E-state index contributed by atoms with van der Waals surface area (Å²) < 4.78 is 29.1. The molecule has 0 unspecified atom stereocenters. The highest BCUT2D eigenvalue weighted by molar-refractivity contribution is 9.10. The summed E-state index contributed by atoms with van der Waals surface area (Å²) in [7, 11) is -3.72. The van der Waals surface area contributed by atoms with Gasteiger partial charge in [-0.05, 0) is 73.0 Å². The summed E-state index contributed by atoms with van der Waals surface area (Å²) in [4.78, 5) is 14.8. The van der Waals surface area contributed by atoms with E-state index in [1.165, 1.54) is 0 Å². The number of halogens is 1. The number of anilines is 2. The Hall–Kier alpha value is -2.64. The van der Waals surface area contributed by atoms with Crippen molar-refractivity contribution >= 4 is 43.2 Å². The lowest BCUT2D eigenvalue weighted by Gasteiger charge is -2.30. The van der Waals surface area contributed by atoms with E-state index in [0.29, 0.717) is 17.8 Å². The summed E-state index contributed by atoms with van der Waals surface area (Å²) in [6.07, 6.45) is 1.52. The van der Waals surface area contributed by atoms with Gasteiger partial charge < -0.3 is 4.90 Å². The number of carbonyl (C=O) groups is 1. The molecule has 0 saturated heterocycles. The van der Waals surface area contributed by atoms with Crippen LogP contribution in [0, 0.1) is 0 Å². The third-order valence-corrected chi connectivity index (χ3v) is 6.75. The van der Waals surface area contributed by atoms with Crippen LogP contribution < -0.4 is 9.62 Å². The number of nitrogens with zero attached hydrogens (tertiary/aromatic N) is 1. The molecule has 3 aromatic rings. The van der Waals surface area contributed by atoms with Gasteiger partial charge in [0.05, 0.1) is 4.90 Å². The number of nitrogens with one attached hydrogen (secondary N) is 1. The van der Waals surface area contributed by atoms with Crippen LogP contribution in [0.1, 0.15) is 22.3 Å². The molecule has 0 bridgehead atoms. The fraction of sp³-hybridized carbons (Fsp3) is 0.136. The summed E-state index contributed by atoms with van der Waals surface area (Å²) in [6.45, 7) is 0.615. The van der Waals surface area contributed by atoms with Crippen molar-refractivity contribution in [1.82, 2.24) is 0 Å². The summed E-state index contributed by atoms with van der Waals surface area (Å²) >= 11 is 3.34. The lowest BCUT2D eigenvalue weighted by molar-refractivity contribution is 0.0985. The average Bonchev–Trinajstić information content (AvgIpc) is 2.74. The van der Waals surface area contributed by atoms with Crippen molar-refractivity contribution in [3.05, 3.63) is 88.4 Å². The zero-order valence-corrected chi connectivity index (χ0v) is 17.9. The van der Waals surface area contributed by atoms with Gasteiger partial charge in [0.2, 0.25) is 0 Å². The number of sulfonamides is 1. The van der Waals surface area contributed by atoms with E-state index < -0.39 is 10.0 Å². The Morgan fingerprint density at radius 3 is 2.41 bits per heavy atom. The molecule has 5 nitrogen and oxygen atoms in total. The Labute approximate surface area is 178 Å². The summed E-state index contributed by atoms with van der Waals surface area (Å²) in [6, 6.07) is 21.0. The molecule has 3 aromatic carbocycles. The van der Waals surface area contributed by atoms with E-state index in [-0.39, 0.29) is 10.8 Å². The molecule has 0 spiro atoms. The number of hydrogen-bond acceptors (Lipinski definition) is 3. The Bertz CT molecular complexity index is 1150. The maximum atomic E-state index is 12.9. The average molecular weight is 471 g/mol. The van der Waals surface area contributed by atoms with Crippen LogP contribution in [-0.4, -0.2) is 20.9 Å². The molecule has 1 N–H and O–H groups in total. The second kappa shape index (κ2) is 8.00. The monoisotopic (exact) mass is 470 g/mol. The van der Waals surface area contributed by atoms with Crippen LogP contribution in [-0.2, 0) is 16.4 Å². The van der Waals surface area contributed by atoms with Gasteiger partial charge in [-0.2, -0.15) is 0 Å². The summed E-state index contributed by atoms with van der Waals surface area (Å²) in [5.74, 6) is -0.0739. The molecule has 0 atom stereocenters. The molecule has 0 fully saturated rings. The first-order chi connectivity index (χ1) is 13.9. The van der Waals surface area contributed by atoms with E-state index in [1.54, 1.807) is 59.5 Å². The van der Waals surface area contributed by atoms with Crippen LogP contribution in [0.3, 0.4) is 0 Å². The van der Waals surface area contributed by atoms with Crippen molar-refractivity contribution in [2.75, 3.05) is 16.2 Å². The number of hydrogen-bond donors (Lipinski definition) is 1. The third kappa shape index (κ3) is 4.21. The van der Waals surface area contributed by atoms with Crippen LogP contribution in [0.2, 0.25) is 0 Å². The van der Waals surface area contributed by atoms with Gasteiger partial charge in [-0.25, -0.2) is 8.42 Å². The maximum absolute atomic E-state index is 12.9. The highest BCUT2D eigenvalue weighted by Crippen LogP contribution is 2.31. The fourth-order valence-electron chi connectivity index (χ4n) is 3.42. The topological polar surface area (TPSA) is 66.5 Å². The molecular weight excluding hydrogens is 452 g/mol. The molecule has 0 aromatic heterocycles. The SMILES string of the molecule is O=C(c1ccccc1)N1CCCc2cc(S(=O)(=O)Nc3ccc(Br)cc3)ccc21. The first-order valence-corrected chi connectivity index (χ1v) is 11.5. The van der Waals surface area contributed by atoms with Crippen LogP contribution in [0.5, 0.6) is 0 Å². The Balaban J connectivity index is 1.63. The number of benzene rings is 3. The molecule has 148 valence electrons. The minimum Gasteiger partial charge on any atom is -0.308 e. The fourth-order valence-corrected chi connectivity index (χ4v) is 4.79. The summed E-state index contributed by atoms with van der Waals surface area (Å²) in [5, 5.41) is 0. The van der Waals surface area contributed by atoms with E-state index in [4.69, 9.17) is 0 Å². The zero-order valence-electron chi connectivity index (χ0n) is 15.5. The highest BCUT2D eigenvalue weighted by atomic mass is 79.9. The standard InChI is InChI=1S/C22H19BrN2O3S/c23-18-8-10-19(11-9-18)24-29(27,28)20-12-13-21-17(15-20)7-4-14-25(21)22(26)16-5-2-1-3-6-16/h1-3,5-6,8-13,15,24H,4,7,14H2. The van der Waals surface area contributed by atoms with E-state index in [0.717, 1.165) is 28.6 Å². The quantitative estimate of drug-likeness (QED) is 0.592. The minimum atomic E-state index is -3.72. The van der Waals surface area contributed by atoms with E-state index in [9.17, 15) is 13.2 Å². The number of carbonyl (C=O) groups excluding carboxylic acids is 1. The number of rotatable bonds is 4. The van der Waals surface area contributed by atoms with Crippen molar-refractivity contribution in [3.8, 4) is 0 Å². The Morgan fingerprint density at radius 2 is 1.69 bits per heavy atom. The van der Waals surface area contributed by atoms with Crippen molar-refractivity contribution < 1.29 is 13.2 Å². The maximum Gasteiger partial charge on any atom is 0.261 e. The van der Waals surface area contributed by atoms with Gasteiger partial charge in [-0.1, -0.05) is 34.1 Å². The highest BCUT2D eigenvalue weighted by Gasteiger charge is 2.25. The van der Waals surface area contributed by atoms with Gasteiger partial charge in [0, 0.05) is 28.0 Å². The van der Waals surface area contributed by atoms with Crippen molar-refractivity contribution in [2.24, 2.45) is 0 Å². The van der Waals surface area contributed by atoms with Gasteiger partial charge in [0.1, 0.15) is 0 Å². The first-order valence-electron chi connectivity index (χ1n) is 9.22. The van der Waals surface area contributed by atoms with Gasteiger partial charge in [0.25, 0.3) is 15.9 Å². The molecule has 1 aliphatic rings. The predicted molar refractivity (Wildman–Crippen MR) is 118 cm³/mol. The second-order valence-electron chi connectivity index (χ2n) is 6.83. The molecule has 7 heteroatoms. The Morgan fingerprint density at radius 1 is 0.966 bits per heavy atom. The van der Waals surface area contributed by atoms with Crippen LogP contribution in [0.25, 0.3) is 0 Å². The van der Waals surface area contributed by atoms with Crippen LogP contribution >= 0.6 is 15.9 Å². The smallest absolute Gasteiger partial charge is 0.261 e. The van der Waals surface area contributed by atoms with E-state index in [2.05, 4.69) is 20.7 Å². The molecule has 1 amide bonds. The molecule has 1 aliphatic heterocycles. The zero-order chi connectivity index (χ0) is 20.4. The molecular formula is C22H19BrN2O3S. The molecule has 29 heavy (non-hydrogen) atoms. The van der Waals surface area contributed by atoms with Gasteiger partial charge >= 0.3 is 0 Å². The summed E-state index contributed by atoms with van der Waals surface area (Å²) in [5.41, 5.74) is 2.74. The normalized spacial score (nSPS) is 13.6. The third-order valence-electron chi connectivity index (χ3n) is 4.84. The molecule has 1 heterocycles.